The topological polar surface area (TPSA) is 68.6 Å². The average molecular weight is 333 g/mol. The number of hydrogen-bond donors (Lipinski definition) is 1. The fraction of sp³-hybridized carbons (Fsp3) is 0.211. The molecule has 0 fully saturated rings. The van der Waals surface area contributed by atoms with Crippen molar-refractivity contribution in [2.45, 2.75) is 13.8 Å². The second-order valence-electron chi connectivity index (χ2n) is 6.16. The van der Waals surface area contributed by atoms with Crippen molar-refractivity contribution in [2.24, 2.45) is 7.05 Å². The molecule has 0 bridgehead atoms. The van der Waals surface area contributed by atoms with E-state index in [1.165, 1.54) is 11.1 Å². The fourth-order valence-corrected chi connectivity index (χ4v) is 3.03. The lowest BCUT2D eigenvalue weighted by molar-refractivity contribution is 0.415. The van der Waals surface area contributed by atoms with E-state index in [4.69, 9.17) is 9.72 Å². The van der Waals surface area contributed by atoms with Gasteiger partial charge in [-0.3, -0.25) is 9.78 Å². The first-order chi connectivity index (χ1) is 12.1. The lowest BCUT2D eigenvalue weighted by Gasteiger charge is -2.12. The first-order valence-electron chi connectivity index (χ1n) is 8.07. The summed E-state index contributed by atoms with van der Waals surface area (Å²) in [5.74, 6) is 0.725. The Morgan fingerprint density at radius 1 is 1.16 bits per heavy atom. The highest BCUT2D eigenvalue weighted by atomic mass is 16.5. The van der Waals surface area contributed by atoms with E-state index >= 15 is 0 Å². The summed E-state index contributed by atoms with van der Waals surface area (Å²) in [6.07, 6.45) is 3.72. The van der Waals surface area contributed by atoms with Crippen LogP contribution in [0.1, 0.15) is 11.1 Å². The minimum absolute atomic E-state index is 0.725. The van der Waals surface area contributed by atoms with Gasteiger partial charge < -0.3 is 4.74 Å². The molecule has 1 N–H and O–H groups in total. The third-order valence-corrected chi connectivity index (χ3v) is 4.56. The zero-order chi connectivity index (χ0) is 17.6. The number of nitrogens with zero attached hydrogens (tertiary/aromatic N) is 4. The number of benzene rings is 1. The second kappa shape index (κ2) is 5.73. The number of rotatable bonds is 3. The Morgan fingerprint density at radius 3 is 2.72 bits per heavy atom. The van der Waals surface area contributed by atoms with Crippen molar-refractivity contribution in [1.29, 1.82) is 0 Å². The maximum absolute atomic E-state index is 5.60. The van der Waals surface area contributed by atoms with Gasteiger partial charge in [0, 0.05) is 30.4 Å². The fourth-order valence-electron chi connectivity index (χ4n) is 3.03. The van der Waals surface area contributed by atoms with Crippen LogP contribution in [0.3, 0.4) is 0 Å². The van der Waals surface area contributed by atoms with E-state index < -0.39 is 0 Å². The van der Waals surface area contributed by atoms with Gasteiger partial charge >= 0.3 is 0 Å². The van der Waals surface area contributed by atoms with Crippen molar-refractivity contribution in [1.82, 2.24) is 25.0 Å². The van der Waals surface area contributed by atoms with Crippen LogP contribution >= 0.6 is 0 Å². The molecular weight excluding hydrogens is 314 g/mol. The second-order valence-corrected chi connectivity index (χ2v) is 6.16. The van der Waals surface area contributed by atoms with Gasteiger partial charge in [0.05, 0.1) is 18.8 Å². The Balaban J connectivity index is 1.99. The molecule has 1 aromatic carbocycles. The summed E-state index contributed by atoms with van der Waals surface area (Å²) in [7, 11) is 3.55. The van der Waals surface area contributed by atoms with Crippen molar-refractivity contribution in [2.75, 3.05) is 7.11 Å². The monoisotopic (exact) mass is 333 g/mol. The maximum atomic E-state index is 5.60. The quantitative estimate of drug-likeness (QED) is 0.621. The Morgan fingerprint density at radius 2 is 2.00 bits per heavy atom. The lowest BCUT2D eigenvalue weighted by atomic mass is 9.99. The van der Waals surface area contributed by atoms with E-state index in [1.807, 2.05) is 25.4 Å². The minimum Gasteiger partial charge on any atom is -0.494 e. The van der Waals surface area contributed by atoms with Crippen LogP contribution in [-0.2, 0) is 7.05 Å². The maximum Gasteiger partial charge on any atom is 0.147 e. The predicted octanol–water partition coefficient (Wildman–Crippen LogP) is 3.65. The number of fused-ring (bicyclic) bond motifs is 1. The number of aryl methyl sites for hydroxylation is 2. The third kappa shape index (κ3) is 2.46. The van der Waals surface area contributed by atoms with Crippen molar-refractivity contribution in [3.8, 4) is 28.3 Å². The number of H-pyrrole nitrogens is 1. The molecule has 0 spiro atoms. The molecule has 0 saturated heterocycles. The molecule has 0 aliphatic rings. The first-order valence-corrected chi connectivity index (χ1v) is 8.07. The first kappa shape index (κ1) is 15.4. The van der Waals surface area contributed by atoms with Gasteiger partial charge in [-0.25, -0.2) is 4.98 Å². The van der Waals surface area contributed by atoms with Crippen molar-refractivity contribution >= 4 is 11.0 Å². The molecule has 3 aromatic heterocycles. The highest BCUT2D eigenvalue weighted by Crippen LogP contribution is 2.36. The van der Waals surface area contributed by atoms with Crippen LogP contribution in [-0.4, -0.2) is 32.1 Å². The molecule has 0 radical (unpaired) electrons. The average Bonchev–Trinajstić information content (AvgIpc) is 3.21. The van der Waals surface area contributed by atoms with E-state index in [-0.39, 0.29) is 0 Å². The highest BCUT2D eigenvalue weighted by molar-refractivity contribution is 5.92. The molecule has 0 atom stereocenters. The summed E-state index contributed by atoms with van der Waals surface area (Å²) in [5, 5.41) is 11.7. The molecule has 0 amide bonds. The molecule has 4 aromatic rings. The summed E-state index contributed by atoms with van der Waals surface area (Å²) in [5.41, 5.74) is 7.67. The zero-order valence-electron chi connectivity index (χ0n) is 14.7. The molecule has 126 valence electrons. The van der Waals surface area contributed by atoms with E-state index in [0.29, 0.717) is 0 Å². The van der Waals surface area contributed by atoms with Crippen LogP contribution in [0.2, 0.25) is 0 Å². The number of methoxy groups -OCH3 is 1. The number of hydrogen-bond acceptors (Lipinski definition) is 4. The standard InChI is InChI=1S/C19H19N5O/c1-11-6-5-7-14(12(11)2)18-16(25-4)8-15-19(21-18)17(23-22-15)13-9-20-24(3)10-13/h5-10H,1-4H3,(H,22,23). The zero-order valence-corrected chi connectivity index (χ0v) is 14.7. The van der Waals surface area contributed by atoms with Crippen molar-refractivity contribution in [3.05, 3.63) is 47.8 Å². The van der Waals surface area contributed by atoms with Gasteiger partial charge in [-0.05, 0) is 25.0 Å². The van der Waals surface area contributed by atoms with Gasteiger partial charge in [-0.15, -0.1) is 0 Å². The number of aromatic nitrogens is 5. The summed E-state index contributed by atoms with van der Waals surface area (Å²) in [6, 6.07) is 8.16. The summed E-state index contributed by atoms with van der Waals surface area (Å²) in [4.78, 5) is 4.91. The van der Waals surface area contributed by atoms with E-state index in [2.05, 4.69) is 41.3 Å². The molecule has 6 heteroatoms. The van der Waals surface area contributed by atoms with Gasteiger partial charge in [-0.1, -0.05) is 18.2 Å². The smallest absolute Gasteiger partial charge is 0.147 e. The number of aromatic amines is 1. The molecule has 0 unspecified atom stereocenters. The largest absolute Gasteiger partial charge is 0.494 e. The van der Waals surface area contributed by atoms with Crippen LogP contribution in [0, 0.1) is 13.8 Å². The van der Waals surface area contributed by atoms with E-state index in [0.717, 1.165) is 39.3 Å². The molecule has 4 rings (SSSR count). The Kier molecular flexibility index (Phi) is 3.53. The van der Waals surface area contributed by atoms with Crippen LogP contribution in [0.25, 0.3) is 33.5 Å². The summed E-state index contributed by atoms with van der Waals surface area (Å²) >= 11 is 0. The molecular formula is C19H19N5O. The van der Waals surface area contributed by atoms with E-state index in [1.54, 1.807) is 18.0 Å². The number of ether oxygens (including phenoxy) is 1. The van der Waals surface area contributed by atoms with Crippen LogP contribution in [0.5, 0.6) is 5.75 Å². The molecule has 6 nitrogen and oxygen atoms in total. The Bertz CT molecular complexity index is 1080. The van der Waals surface area contributed by atoms with Gasteiger partial charge in [-0.2, -0.15) is 10.2 Å². The molecule has 0 saturated carbocycles. The molecule has 0 aliphatic carbocycles. The van der Waals surface area contributed by atoms with Crippen molar-refractivity contribution in [3.63, 3.8) is 0 Å². The predicted molar refractivity (Wildman–Crippen MR) is 97.6 cm³/mol. The van der Waals surface area contributed by atoms with Gasteiger partial charge in [0.15, 0.2) is 0 Å². The SMILES string of the molecule is COc1cc2[nH]nc(-c3cnn(C)c3)c2nc1-c1cccc(C)c1C. The minimum atomic E-state index is 0.725. The van der Waals surface area contributed by atoms with Crippen molar-refractivity contribution < 1.29 is 4.74 Å². The highest BCUT2D eigenvalue weighted by Gasteiger charge is 2.18. The lowest BCUT2D eigenvalue weighted by Crippen LogP contribution is -1.95. The Labute approximate surface area is 145 Å². The van der Waals surface area contributed by atoms with Crippen LogP contribution in [0.4, 0.5) is 0 Å². The summed E-state index contributed by atoms with van der Waals surface area (Å²) < 4.78 is 7.35. The Hall–Kier alpha value is -3.15. The molecule has 3 heterocycles. The summed E-state index contributed by atoms with van der Waals surface area (Å²) in [6.45, 7) is 4.20. The van der Waals surface area contributed by atoms with Crippen LogP contribution < -0.4 is 4.74 Å². The number of pyridine rings is 1. The third-order valence-electron chi connectivity index (χ3n) is 4.56. The normalized spacial score (nSPS) is 11.2. The molecule has 0 aliphatic heterocycles. The van der Waals surface area contributed by atoms with Gasteiger partial charge in [0.2, 0.25) is 0 Å². The van der Waals surface area contributed by atoms with Gasteiger partial charge in [0.1, 0.15) is 22.7 Å². The van der Waals surface area contributed by atoms with Crippen LogP contribution in [0.15, 0.2) is 36.7 Å². The number of nitrogens with one attached hydrogen (secondary N) is 1. The molecule has 25 heavy (non-hydrogen) atoms. The van der Waals surface area contributed by atoms with E-state index in [9.17, 15) is 0 Å². The van der Waals surface area contributed by atoms with Gasteiger partial charge in [0.25, 0.3) is 0 Å².